The van der Waals surface area contributed by atoms with E-state index >= 15 is 0 Å². The largest absolute Gasteiger partial charge is 0.489 e. The zero-order valence-corrected chi connectivity index (χ0v) is 10.2. The van der Waals surface area contributed by atoms with E-state index in [1.807, 2.05) is 12.1 Å². The molecular weight excluding hydrogens is 235 g/mol. The van der Waals surface area contributed by atoms with Crippen LogP contribution in [-0.4, -0.2) is 20.2 Å². The van der Waals surface area contributed by atoms with Crippen molar-refractivity contribution in [2.24, 2.45) is 5.73 Å². The van der Waals surface area contributed by atoms with Crippen LogP contribution < -0.4 is 15.4 Å². The van der Waals surface area contributed by atoms with Gasteiger partial charge in [-0.15, -0.1) is 24.8 Å². The second kappa shape index (κ2) is 6.05. The van der Waals surface area contributed by atoms with Gasteiger partial charge in [-0.25, -0.2) is 0 Å². The summed E-state index contributed by atoms with van der Waals surface area (Å²) in [5.74, 6) is 0.957. The predicted molar refractivity (Wildman–Crippen MR) is 67.6 cm³/mol. The number of para-hydroxylation sites is 1. The van der Waals surface area contributed by atoms with Crippen LogP contribution in [-0.2, 0) is 6.54 Å². The molecule has 0 fully saturated rings. The van der Waals surface area contributed by atoms with Crippen molar-refractivity contribution < 1.29 is 4.74 Å². The molecule has 0 amide bonds. The summed E-state index contributed by atoms with van der Waals surface area (Å²) < 4.78 is 5.59. The first kappa shape index (κ1) is 14.4. The molecule has 0 unspecified atom stereocenters. The quantitative estimate of drug-likeness (QED) is 0.827. The third-order valence-electron chi connectivity index (χ3n) is 2.38. The van der Waals surface area contributed by atoms with E-state index in [0.29, 0.717) is 6.54 Å². The Labute approximate surface area is 102 Å². The van der Waals surface area contributed by atoms with Crippen LogP contribution in [0.4, 0.5) is 5.69 Å². The van der Waals surface area contributed by atoms with Gasteiger partial charge in [-0.05, 0) is 6.07 Å². The molecule has 2 rings (SSSR count). The third-order valence-corrected chi connectivity index (χ3v) is 2.38. The second-order valence-electron chi connectivity index (χ2n) is 3.24. The van der Waals surface area contributed by atoms with Crippen LogP contribution in [0.5, 0.6) is 5.75 Å². The number of rotatable bonds is 1. The molecule has 86 valence electrons. The number of halogens is 2. The first-order valence-electron chi connectivity index (χ1n) is 4.49. The number of nitrogens with zero attached hydrogens (tertiary/aromatic N) is 1. The van der Waals surface area contributed by atoms with E-state index in [2.05, 4.69) is 18.0 Å². The number of anilines is 1. The van der Waals surface area contributed by atoms with Crippen molar-refractivity contribution in [2.75, 3.05) is 25.1 Å². The molecule has 0 saturated heterocycles. The standard InChI is InChI=1S/C10H14N2O.2ClH/c1-12-5-6-13-10-8(7-11)3-2-4-9(10)12;;/h2-4H,5-7,11H2,1H3;2*1H. The Balaban J connectivity index is 0.000000980. The molecule has 0 aromatic heterocycles. The van der Waals surface area contributed by atoms with Crippen LogP contribution >= 0.6 is 24.8 Å². The normalized spacial score (nSPS) is 13.1. The van der Waals surface area contributed by atoms with E-state index in [-0.39, 0.29) is 24.8 Å². The number of fused-ring (bicyclic) bond motifs is 1. The summed E-state index contributed by atoms with van der Waals surface area (Å²) in [6, 6.07) is 6.10. The summed E-state index contributed by atoms with van der Waals surface area (Å²) in [5, 5.41) is 0. The van der Waals surface area contributed by atoms with Crippen molar-refractivity contribution in [3.05, 3.63) is 23.8 Å². The maximum Gasteiger partial charge on any atom is 0.147 e. The first-order chi connectivity index (χ1) is 6.33. The fourth-order valence-electron chi connectivity index (χ4n) is 1.60. The van der Waals surface area contributed by atoms with Gasteiger partial charge in [-0.3, -0.25) is 0 Å². The van der Waals surface area contributed by atoms with Gasteiger partial charge in [0.05, 0.1) is 12.2 Å². The molecule has 1 aromatic rings. The van der Waals surface area contributed by atoms with E-state index in [4.69, 9.17) is 10.5 Å². The second-order valence-corrected chi connectivity index (χ2v) is 3.24. The summed E-state index contributed by atoms with van der Waals surface area (Å²) >= 11 is 0. The van der Waals surface area contributed by atoms with Gasteiger partial charge in [-0.1, -0.05) is 12.1 Å². The van der Waals surface area contributed by atoms with Crippen LogP contribution in [0.1, 0.15) is 5.56 Å². The highest BCUT2D eigenvalue weighted by atomic mass is 35.5. The molecule has 0 saturated carbocycles. The molecule has 0 aliphatic carbocycles. The molecule has 1 heterocycles. The van der Waals surface area contributed by atoms with Crippen molar-refractivity contribution in [3.8, 4) is 5.75 Å². The zero-order chi connectivity index (χ0) is 9.26. The van der Waals surface area contributed by atoms with Crippen molar-refractivity contribution in [1.82, 2.24) is 0 Å². The van der Waals surface area contributed by atoms with E-state index < -0.39 is 0 Å². The van der Waals surface area contributed by atoms with Crippen LogP contribution in [0, 0.1) is 0 Å². The van der Waals surface area contributed by atoms with E-state index in [0.717, 1.165) is 30.2 Å². The Morgan fingerprint density at radius 2 is 2.13 bits per heavy atom. The molecule has 5 heteroatoms. The molecule has 1 aliphatic heterocycles. The van der Waals surface area contributed by atoms with Crippen LogP contribution in [0.25, 0.3) is 0 Å². The predicted octanol–water partition coefficient (Wildman–Crippen LogP) is 1.82. The lowest BCUT2D eigenvalue weighted by Gasteiger charge is -2.28. The van der Waals surface area contributed by atoms with Gasteiger partial charge in [0.15, 0.2) is 0 Å². The van der Waals surface area contributed by atoms with Gasteiger partial charge in [0.1, 0.15) is 12.4 Å². The molecule has 3 nitrogen and oxygen atoms in total. The molecule has 1 aromatic carbocycles. The lowest BCUT2D eigenvalue weighted by Crippen LogP contribution is -2.29. The van der Waals surface area contributed by atoms with Crippen LogP contribution in [0.15, 0.2) is 18.2 Å². The highest BCUT2D eigenvalue weighted by molar-refractivity contribution is 5.85. The average molecular weight is 251 g/mol. The molecule has 0 radical (unpaired) electrons. The van der Waals surface area contributed by atoms with E-state index in [1.54, 1.807) is 0 Å². The minimum Gasteiger partial charge on any atom is -0.489 e. The topological polar surface area (TPSA) is 38.5 Å². The van der Waals surface area contributed by atoms with Gasteiger partial charge >= 0.3 is 0 Å². The summed E-state index contributed by atoms with van der Waals surface area (Å²) in [7, 11) is 2.07. The van der Waals surface area contributed by atoms with Crippen molar-refractivity contribution in [3.63, 3.8) is 0 Å². The Hall–Kier alpha value is -0.640. The number of hydrogen-bond donors (Lipinski definition) is 1. The third kappa shape index (κ3) is 2.68. The van der Waals surface area contributed by atoms with Crippen molar-refractivity contribution in [2.45, 2.75) is 6.54 Å². The molecule has 0 bridgehead atoms. The summed E-state index contributed by atoms with van der Waals surface area (Å²) in [4.78, 5) is 2.19. The Morgan fingerprint density at radius 1 is 1.40 bits per heavy atom. The summed E-state index contributed by atoms with van der Waals surface area (Å²) in [5.41, 5.74) is 7.86. The maximum absolute atomic E-state index is 5.62. The number of ether oxygens (including phenoxy) is 1. The first-order valence-corrected chi connectivity index (χ1v) is 4.49. The summed E-state index contributed by atoms with van der Waals surface area (Å²) in [6.45, 7) is 2.23. The SMILES string of the molecule is CN1CCOc2c(CN)cccc21.Cl.Cl. The number of benzene rings is 1. The molecule has 0 atom stereocenters. The zero-order valence-electron chi connectivity index (χ0n) is 8.60. The minimum atomic E-state index is 0. The average Bonchev–Trinajstić information content (AvgIpc) is 2.18. The van der Waals surface area contributed by atoms with Gasteiger partial charge in [-0.2, -0.15) is 0 Å². The van der Waals surface area contributed by atoms with Gasteiger partial charge in [0, 0.05) is 19.2 Å². The molecule has 15 heavy (non-hydrogen) atoms. The molecule has 2 N–H and O–H groups in total. The minimum absolute atomic E-state index is 0. The lowest BCUT2D eigenvalue weighted by atomic mass is 10.1. The highest BCUT2D eigenvalue weighted by Gasteiger charge is 2.16. The molecular formula is C10H16Cl2N2O. The fourth-order valence-corrected chi connectivity index (χ4v) is 1.60. The monoisotopic (exact) mass is 250 g/mol. The van der Waals surface area contributed by atoms with Gasteiger partial charge < -0.3 is 15.4 Å². The highest BCUT2D eigenvalue weighted by Crippen LogP contribution is 2.33. The Bertz CT molecular complexity index is 320. The fraction of sp³-hybridized carbons (Fsp3) is 0.400. The smallest absolute Gasteiger partial charge is 0.147 e. The van der Waals surface area contributed by atoms with E-state index in [1.165, 1.54) is 0 Å². The Kier molecular flexibility index (Phi) is 5.80. The molecule has 0 spiro atoms. The molecule has 1 aliphatic rings. The van der Waals surface area contributed by atoms with Crippen molar-refractivity contribution >= 4 is 30.5 Å². The van der Waals surface area contributed by atoms with Crippen LogP contribution in [0.2, 0.25) is 0 Å². The lowest BCUT2D eigenvalue weighted by molar-refractivity contribution is 0.308. The number of hydrogen-bond acceptors (Lipinski definition) is 3. The number of nitrogens with two attached hydrogens (primary N) is 1. The Morgan fingerprint density at radius 3 is 2.80 bits per heavy atom. The van der Waals surface area contributed by atoms with Crippen LogP contribution in [0.3, 0.4) is 0 Å². The van der Waals surface area contributed by atoms with Gasteiger partial charge in [0.25, 0.3) is 0 Å². The van der Waals surface area contributed by atoms with Crippen molar-refractivity contribution in [1.29, 1.82) is 0 Å². The summed E-state index contributed by atoms with van der Waals surface area (Å²) in [6.07, 6.45) is 0. The van der Waals surface area contributed by atoms with Gasteiger partial charge in [0.2, 0.25) is 0 Å². The maximum atomic E-state index is 5.62. The van der Waals surface area contributed by atoms with E-state index in [9.17, 15) is 0 Å². The number of likely N-dealkylation sites (N-methyl/N-ethyl adjacent to an activating group) is 1.